The van der Waals surface area contributed by atoms with Gasteiger partial charge in [0, 0.05) is 34.3 Å². The zero-order valence-corrected chi connectivity index (χ0v) is 21.0. The first kappa shape index (κ1) is 22.1. The van der Waals surface area contributed by atoms with Gasteiger partial charge in [0.2, 0.25) is 0 Å². The molecule has 8 atom stereocenters. The summed E-state index contributed by atoms with van der Waals surface area (Å²) in [6, 6.07) is 0. The van der Waals surface area contributed by atoms with E-state index in [1.165, 1.54) is 0 Å². The third-order valence-electron chi connectivity index (χ3n) is 8.78. The number of carbonyl (C=O) groups is 2. The first-order valence-corrected chi connectivity index (χ1v) is 13.1. The van der Waals surface area contributed by atoms with Gasteiger partial charge in [-0.2, -0.15) is 0 Å². The topological polar surface area (TPSA) is 52.6 Å². The average Bonchev–Trinajstić information content (AvgIpc) is 2.63. The van der Waals surface area contributed by atoms with Gasteiger partial charge in [-0.25, -0.2) is 0 Å². The molecule has 4 aliphatic rings. The van der Waals surface area contributed by atoms with Crippen LogP contribution in [0.15, 0.2) is 0 Å². The minimum atomic E-state index is -0.293. The van der Waals surface area contributed by atoms with Gasteiger partial charge in [0.15, 0.2) is 0 Å². The average molecular weight is 534 g/mol. The van der Waals surface area contributed by atoms with Crippen molar-refractivity contribution in [3.05, 3.63) is 0 Å². The van der Waals surface area contributed by atoms with Crippen LogP contribution in [-0.2, 0) is 19.1 Å². The third-order valence-corrected chi connectivity index (χ3v) is 12.3. The normalized spacial score (nSPS) is 49.3. The van der Waals surface area contributed by atoms with E-state index in [-0.39, 0.29) is 33.4 Å². The molecule has 3 saturated carbocycles. The number of halogens is 2. The molecule has 0 amide bonds. The molecule has 4 rings (SSSR count). The summed E-state index contributed by atoms with van der Waals surface area (Å²) in [6.45, 7) is 6.63. The molecule has 0 aromatic rings. The van der Waals surface area contributed by atoms with E-state index in [9.17, 15) is 9.59 Å². The number of esters is 2. The van der Waals surface area contributed by atoms with Gasteiger partial charge in [-0.3, -0.25) is 9.59 Å². The Labute approximate surface area is 191 Å². The van der Waals surface area contributed by atoms with Crippen molar-refractivity contribution in [1.82, 2.24) is 0 Å². The maximum atomic E-state index is 12.1. The van der Waals surface area contributed by atoms with Crippen molar-refractivity contribution >= 4 is 43.8 Å². The highest BCUT2D eigenvalue weighted by atomic mass is 79.9. The second-order valence-electron chi connectivity index (χ2n) is 10.3. The molecule has 29 heavy (non-hydrogen) atoms. The van der Waals surface area contributed by atoms with E-state index in [2.05, 4.69) is 45.7 Å². The van der Waals surface area contributed by atoms with Crippen LogP contribution in [0.25, 0.3) is 0 Å². The van der Waals surface area contributed by atoms with Gasteiger partial charge in [0.25, 0.3) is 0 Å². The predicted octanol–water partition coefficient (Wildman–Crippen LogP) is 5.93. The Morgan fingerprint density at radius 3 is 2.69 bits per heavy atom. The molecule has 6 heteroatoms. The van der Waals surface area contributed by atoms with Crippen LogP contribution in [0.4, 0.5) is 0 Å². The van der Waals surface area contributed by atoms with Gasteiger partial charge in [0.1, 0.15) is 11.7 Å². The lowest BCUT2D eigenvalue weighted by Gasteiger charge is -2.66. The Kier molecular flexibility index (Phi) is 5.94. The molecule has 4 nitrogen and oxygen atoms in total. The van der Waals surface area contributed by atoms with E-state index >= 15 is 0 Å². The molecule has 1 heterocycles. The Bertz CT molecular complexity index is 684. The van der Waals surface area contributed by atoms with Gasteiger partial charge in [-0.15, -0.1) is 0 Å². The first-order valence-electron chi connectivity index (χ1n) is 11.4. The Hall–Kier alpha value is -0.100. The van der Waals surface area contributed by atoms with Crippen LogP contribution in [0.1, 0.15) is 85.0 Å². The molecule has 0 spiro atoms. The predicted molar refractivity (Wildman–Crippen MR) is 119 cm³/mol. The van der Waals surface area contributed by atoms with E-state index < -0.39 is 0 Å². The highest BCUT2D eigenvalue weighted by molar-refractivity contribution is 9.12. The van der Waals surface area contributed by atoms with Crippen LogP contribution < -0.4 is 0 Å². The summed E-state index contributed by atoms with van der Waals surface area (Å²) in [6.07, 6.45) is 8.88. The number of hydrogen-bond donors (Lipinski definition) is 0. The zero-order chi connectivity index (χ0) is 21.0. The van der Waals surface area contributed by atoms with Crippen molar-refractivity contribution < 1.29 is 19.1 Å². The van der Waals surface area contributed by atoms with Crippen molar-refractivity contribution in [3.8, 4) is 0 Å². The Balaban J connectivity index is 1.57. The van der Waals surface area contributed by atoms with Crippen LogP contribution in [0.2, 0.25) is 0 Å². The monoisotopic (exact) mass is 532 g/mol. The molecule has 164 valence electrons. The first-order chi connectivity index (χ1) is 13.6. The van der Waals surface area contributed by atoms with Crippen molar-refractivity contribution in [2.75, 3.05) is 0 Å². The minimum absolute atomic E-state index is 0.00240. The number of alkyl halides is 2. The van der Waals surface area contributed by atoms with Gasteiger partial charge in [0.05, 0.1) is 0 Å². The molecule has 0 bridgehead atoms. The van der Waals surface area contributed by atoms with E-state index in [1.807, 2.05) is 6.92 Å². The highest BCUT2D eigenvalue weighted by Gasteiger charge is 2.66. The molecule has 0 aromatic carbocycles. The molecule has 0 N–H and O–H groups in total. The number of hydrogen-bond acceptors (Lipinski definition) is 4. The lowest BCUT2D eigenvalue weighted by atomic mass is 9.45. The lowest BCUT2D eigenvalue weighted by Crippen LogP contribution is -2.66. The summed E-state index contributed by atoms with van der Waals surface area (Å²) in [5, 5.41) is 0. The zero-order valence-electron chi connectivity index (χ0n) is 17.8. The van der Waals surface area contributed by atoms with Crippen molar-refractivity contribution in [2.24, 2.45) is 23.2 Å². The number of rotatable bonds is 3. The number of carbonyl (C=O) groups excluding carboxylic acids is 2. The quantitative estimate of drug-likeness (QED) is 0.333. The fourth-order valence-corrected chi connectivity index (χ4v) is 9.40. The van der Waals surface area contributed by atoms with Crippen LogP contribution in [0.3, 0.4) is 0 Å². The SMILES string of the molecule is CCCC(=O)O[C@H]1CC[C@]2(C)[C@H]3CC[C@]4(C)OC(=O)CC[C@H]4[C@@H]3C[C@@H](Br)[C@@]2(Br)C1. The van der Waals surface area contributed by atoms with Crippen molar-refractivity contribution in [1.29, 1.82) is 0 Å². The lowest BCUT2D eigenvalue weighted by molar-refractivity contribution is -0.201. The highest BCUT2D eigenvalue weighted by Crippen LogP contribution is 2.68. The van der Waals surface area contributed by atoms with Crippen LogP contribution in [-0.4, -0.2) is 32.8 Å². The standard InChI is InChI=1S/C23H34Br2O4/c1-4-5-19(26)28-14-8-10-21(2)16-9-11-22(3)17(6-7-20(27)29-22)15(16)12-18(24)23(21,25)13-14/h14-18H,4-13H2,1-3H3/t14-,15+,16-,17-,18+,21+,22-,23-/m0/s1. The van der Waals surface area contributed by atoms with E-state index in [0.29, 0.717) is 35.4 Å². The molecule has 1 aliphatic heterocycles. The van der Waals surface area contributed by atoms with Gasteiger partial charge in [-0.05, 0) is 69.1 Å². The molecule has 3 aliphatic carbocycles. The molecular formula is C23H34Br2O4. The van der Waals surface area contributed by atoms with E-state index in [1.54, 1.807) is 0 Å². The second kappa shape index (κ2) is 7.79. The number of ether oxygens (including phenoxy) is 2. The molecule has 0 radical (unpaired) electrons. The second-order valence-corrected chi connectivity index (χ2v) is 12.8. The Morgan fingerprint density at radius 1 is 1.21 bits per heavy atom. The fraction of sp³-hybridized carbons (Fsp3) is 0.913. The molecule has 1 saturated heterocycles. The minimum Gasteiger partial charge on any atom is -0.462 e. The summed E-state index contributed by atoms with van der Waals surface area (Å²) in [5.74, 6) is 1.55. The van der Waals surface area contributed by atoms with Gasteiger partial charge >= 0.3 is 11.9 Å². The summed E-state index contributed by atoms with van der Waals surface area (Å²) in [7, 11) is 0. The van der Waals surface area contributed by atoms with Gasteiger partial charge < -0.3 is 9.47 Å². The summed E-state index contributed by atoms with van der Waals surface area (Å²) >= 11 is 8.27. The fourth-order valence-electron chi connectivity index (χ4n) is 7.21. The maximum absolute atomic E-state index is 12.1. The third kappa shape index (κ3) is 3.52. The largest absolute Gasteiger partial charge is 0.462 e. The summed E-state index contributed by atoms with van der Waals surface area (Å²) in [4.78, 5) is 24.4. The molecule has 4 fully saturated rings. The van der Waals surface area contributed by atoms with Crippen LogP contribution >= 0.6 is 31.9 Å². The maximum Gasteiger partial charge on any atom is 0.306 e. The van der Waals surface area contributed by atoms with Crippen molar-refractivity contribution in [2.45, 2.75) is 106 Å². The van der Waals surface area contributed by atoms with E-state index in [0.717, 1.165) is 51.4 Å². The summed E-state index contributed by atoms with van der Waals surface area (Å²) in [5.41, 5.74) is -0.153. The molecule has 0 aromatic heterocycles. The van der Waals surface area contributed by atoms with Gasteiger partial charge in [-0.1, -0.05) is 45.7 Å². The van der Waals surface area contributed by atoms with Crippen molar-refractivity contribution in [3.63, 3.8) is 0 Å². The molecule has 0 unspecified atom stereocenters. The Morgan fingerprint density at radius 2 is 1.97 bits per heavy atom. The van der Waals surface area contributed by atoms with Crippen LogP contribution in [0, 0.1) is 23.2 Å². The number of fused-ring (bicyclic) bond motifs is 5. The smallest absolute Gasteiger partial charge is 0.306 e. The van der Waals surface area contributed by atoms with E-state index in [4.69, 9.17) is 9.47 Å². The van der Waals surface area contributed by atoms with Crippen LogP contribution in [0.5, 0.6) is 0 Å². The molecular weight excluding hydrogens is 500 g/mol. The summed E-state index contributed by atoms with van der Waals surface area (Å²) < 4.78 is 11.7.